The standard InChI is InChI=1S/C18H13N3O/c1-3-11-7-15-17(9-13(11)19-5-1)22-18-10-14-12(4-2-6-20-14)8-16(18)21-15/h1-5,7-10,20-21H,6H2. The van der Waals surface area contributed by atoms with Crippen molar-refractivity contribution in [2.24, 2.45) is 0 Å². The molecular formula is C18H13N3O. The number of benzene rings is 2. The molecule has 22 heavy (non-hydrogen) atoms. The van der Waals surface area contributed by atoms with Crippen molar-refractivity contribution in [1.82, 2.24) is 4.98 Å². The molecule has 0 radical (unpaired) electrons. The monoisotopic (exact) mass is 287 g/mol. The van der Waals surface area contributed by atoms with Crippen LogP contribution in [0.15, 0.2) is 48.7 Å². The second-order valence-corrected chi connectivity index (χ2v) is 5.49. The summed E-state index contributed by atoms with van der Waals surface area (Å²) in [5.41, 5.74) is 5.17. The third-order valence-corrected chi connectivity index (χ3v) is 4.05. The average Bonchev–Trinajstić information content (AvgIpc) is 2.56. The summed E-state index contributed by atoms with van der Waals surface area (Å²) in [6.45, 7) is 0.852. The molecule has 1 aromatic heterocycles. The van der Waals surface area contributed by atoms with E-state index in [1.807, 2.05) is 18.2 Å². The molecule has 0 saturated heterocycles. The van der Waals surface area contributed by atoms with Crippen LogP contribution in [0.25, 0.3) is 17.0 Å². The third-order valence-electron chi connectivity index (χ3n) is 4.05. The molecule has 0 unspecified atom stereocenters. The number of hydrogen-bond donors (Lipinski definition) is 2. The topological polar surface area (TPSA) is 46.2 Å². The molecule has 0 bridgehead atoms. The number of nitrogens with one attached hydrogen (secondary N) is 2. The Kier molecular flexibility index (Phi) is 2.24. The van der Waals surface area contributed by atoms with Gasteiger partial charge in [0.2, 0.25) is 0 Å². The van der Waals surface area contributed by atoms with Gasteiger partial charge in [-0.3, -0.25) is 4.98 Å². The van der Waals surface area contributed by atoms with Gasteiger partial charge in [0.15, 0.2) is 11.5 Å². The third kappa shape index (κ3) is 1.67. The Balaban J connectivity index is 1.66. The molecular weight excluding hydrogens is 274 g/mol. The zero-order valence-corrected chi connectivity index (χ0v) is 11.8. The lowest BCUT2D eigenvalue weighted by molar-refractivity contribution is 0.482. The summed E-state index contributed by atoms with van der Waals surface area (Å²) >= 11 is 0. The van der Waals surface area contributed by atoms with Crippen LogP contribution in [0.3, 0.4) is 0 Å². The van der Waals surface area contributed by atoms with Crippen LogP contribution in [0.5, 0.6) is 11.5 Å². The fourth-order valence-corrected chi connectivity index (χ4v) is 2.97. The van der Waals surface area contributed by atoms with Gasteiger partial charge < -0.3 is 15.4 Å². The van der Waals surface area contributed by atoms with Crippen molar-refractivity contribution < 1.29 is 4.74 Å². The number of fused-ring (bicyclic) bond motifs is 4. The predicted molar refractivity (Wildman–Crippen MR) is 89.1 cm³/mol. The van der Waals surface area contributed by atoms with E-state index in [0.29, 0.717) is 0 Å². The first kappa shape index (κ1) is 11.6. The van der Waals surface area contributed by atoms with Crippen molar-refractivity contribution in [3.05, 3.63) is 54.2 Å². The van der Waals surface area contributed by atoms with E-state index in [1.54, 1.807) is 6.20 Å². The zero-order chi connectivity index (χ0) is 14.5. The van der Waals surface area contributed by atoms with Gasteiger partial charge in [0, 0.05) is 35.9 Å². The smallest absolute Gasteiger partial charge is 0.153 e. The molecule has 3 aromatic rings. The summed E-state index contributed by atoms with van der Waals surface area (Å²) in [7, 11) is 0. The maximum atomic E-state index is 6.09. The lowest BCUT2D eigenvalue weighted by Gasteiger charge is -2.24. The maximum Gasteiger partial charge on any atom is 0.153 e. The van der Waals surface area contributed by atoms with E-state index >= 15 is 0 Å². The van der Waals surface area contributed by atoms with Crippen LogP contribution >= 0.6 is 0 Å². The average molecular weight is 287 g/mol. The van der Waals surface area contributed by atoms with Gasteiger partial charge in [0.25, 0.3) is 0 Å². The fourth-order valence-electron chi connectivity index (χ4n) is 2.97. The van der Waals surface area contributed by atoms with Gasteiger partial charge in [-0.15, -0.1) is 0 Å². The molecule has 3 heterocycles. The molecule has 0 fully saturated rings. The number of anilines is 3. The van der Waals surface area contributed by atoms with Crippen LogP contribution in [0.2, 0.25) is 0 Å². The van der Waals surface area contributed by atoms with Crippen LogP contribution in [-0.2, 0) is 0 Å². The number of ether oxygens (including phenoxy) is 1. The van der Waals surface area contributed by atoms with Crippen LogP contribution in [-0.4, -0.2) is 11.5 Å². The first-order chi connectivity index (χ1) is 10.9. The Bertz CT molecular complexity index is 946. The Morgan fingerprint density at radius 3 is 2.91 bits per heavy atom. The number of aromatic nitrogens is 1. The molecule has 106 valence electrons. The van der Waals surface area contributed by atoms with Crippen molar-refractivity contribution in [3.63, 3.8) is 0 Å². The minimum Gasteiger partial charge on any atom is -0.453 e. The Morgan fingerprint density at radius 2 is 1.91 bits per heavy atom. The lowest BCUT2D eigenvalue weighted by Crippen LogP contribution is -2.08. The molecule has 0 atom stereocenters. The van der Waals surface area contributed by atoms with Gasteiger partial charge in [0.1, 0.15) is 0 Å². The molecule has 2 aliphatic rings. The molecule has 2 N–H and O–H groups in total. The molecule has 2 aliphatic heterocycles. The first-order valence-corrected chi connectivity index (χ1v) is 7.29. The lowest BCUT2D eigenvalue weighted by atomic mass is 10.1. The number of rotatable bonds is 0. The predicted octanol–water partition coefficient (Wildman–Crippen LogP) is 4.52. The summed E-state index contributed by atoms with van der Waals surface area (Å²) in [5.74, 6) is 1.65. The Morgan fingerprint density at radius 1 is 1.00 bits per heavy atom. The Hall–Kier alpha value is -3.01. The number of pyridine rings is 1. The van der Waals surface area contributed by atoms with Crippen molar-refractivity contribution in [1.29, 1.82) is 0 Å². The van der Waals surface area contributed by atoms with E-state index in [2.05, 4.69) is 46.0 Å². The molecule has 0 spiro atoms. The van der Waals surface area contributed by atoms with E-state index in [-0.39, 0.29) is 0 Å². The van der Waals surface area contributed by atoms with Crippen LogP contribution in [0.4, 0.5) is 17.1 Å². The molecule has 4 nitrogen and oxygen atoms in total. The summed E-state index contributed by atoms with van der Waals surface area (Å²) in [6.07, 6.45) is 6.05. The summed E-state index contributed by atoms with van der Waals surface area (Å²) < 4.78 is 6.09. The van der Waals surface area contributed by atoms with Crippen molar-refractivity contribution in [3.8, 4) is 11.5 Å². The van der Waals surface area contributed by atoms with Crippen LogP contribution in [0, 0.1) is 0 Å². The molecule has 2 aromatic carbocycles. The maximum absolute atomic E-state index is 6.09. The van der Waals surface area contributed by atoms with Crippen molar-refractivity contribution in [2.75, 3.05) is 17.2 Å². The SMILES string of the molecule is C1=Cc2cc3c(cc2NC1)Oc1cc2ncccc2cc1N3. The normalized spacial score (nSPS) is 14.2. The van der Waals surface area contributed by atoms with E-state index in [1.165, 1.54) is 5.56 Å². The van der Waals surface area contributed by atoms with Crippen molar-refractivity contribution >= 4 is 34.0 Å². The minimum atomic E-state index is 0.810. The highest BCUT2D eigenvalue weighted by Crippen LogP contribution is 2.45. The first-order valence-electron chi connectivity index (χ1n) is 7.29. The summed E-state index contributed by atoms with van der Waals surface area (Å²) in [4.78, 5) is 4.39. The zero-order valence-electron chi connectivity index (χ0n) is 11.8. The summed E-state index contributed by atoms with van der Waals surface area (Å²) in [5, 5.41) is 7.93. The van der Waals surface area contributed by atoms with Gasteiger partial charge in [0.05, 0.1) is 16.9 Å². The molecule has 0 aliphatic carbocycles. The van der Waals surface area contributed by atoms with Gasteiger partial charge in [-0.1, -0.05) is 18.2 Å². The van der Waals surface area contributed by atoms with Crippen LogP contribution < -0.4 is 15.4 Å². The molecule has 4 heteroatoms. The molecule has 5 rings (SSSR count). The van der Waals surface area contributed by atoms with E-state index in [4.69, 9.17) is 4.74 Å². The van der Waals surface area contributed by atoms with E-state index < -0.39 is 0 Å². The van der Waals surface area contributed by atoms with Crippen LogP contribution in [0.1, 0.15) is 5.56 Å². The van der Waals surface area contributed by atoms with E-state index in [0.717, 1.165) is 46.0 Å². The van der Waals surface area contributed by atoms with E-state index in [9.17, 15) is 0 Å². The minimum absolute atomic E-state index is 0.810. The highest BCUT2D eigenvalue weighted by atomic mass is 16.5. The highest BCUT2D eigenvalue weighted by Gasteiger charge is 2.20. The number of nitrogens with zero attached hydrogens (tertiary/aromatic N) is 1. The van der Waals surface area contributed by atoms with Gasteiger partial charge in [-0.25, -0.2) is 0 Å². The largest absolute Gasteiger partial charge is 0.453 e. The Labute approximate surface area is 127 Å². The molecule has 0 amide bonds. The number of hydrogen-bond acceptors (Lipinski definition) is 4. The van der Waals surface area contributed by atoms with Gasteiger partial charge >= 0.3 is 0 Å². The van der Waals surface area contributed by atoms with Crippen molar-refractivity contribution in [2.45, 2.75) is 0 Å². The fraction of sp³-hybridized carbons (Fsp3) is 0.0556. The highest BCUT2D eigenvalue weighted by molar-refractivity contribution is 5.90. The van der Waals surface area contributed by atoms with Gasteiger partial charge in [-0.2, -0.15) is 0 Å². The summed E-state index contributed by atoms with van der Waals surface area (Å²) in [6, 6.07) is 12.2. The quantitative estimate of drug-likeness (QED) is 0.499. The second-order valence-electron chi connectivity index (χ2n) is 5.49. The molecule has 0 saturated carbocycles. The second kappa shape index (κ2) is 4.24. The van der Waals surface area contributed by atoms with Gasteiger partial charge in [-0.05, 0) is 23.8 Å².